The molecule has 11 nitrogen and oxygen atoms in total. The Kier molecular flexibility index (Phi) is 10.2. The summed E-state index contributed by atoms with van der Waals surface area (Å²) in [5.41, 5.74) is 3.52. The molecule has 0 aromatic heterocycles. The molecule has 43 heavy (non-hydrogen) atoms. The van der Waals surface area contributed by atoms with Gasteiger partial charge in [-0.1, -0.05) is 36.4 Å². The highest BCUT2D eigenvalue weighted by Gasteiger charge is 2.15. The summed E-state index contributed by atoms with van der Waals surface area (Å²) in [7, 11) is 2.93. The van der Waals surface area contributed by atoms with Crippen molar-refractivity contribution in [2.75, 3.05) is 20.8 Å². The predicted molar refractivity (Wildman–Crippen MR) is 157 cm³/mol. The van der Waals surface area contributed by atoms with Crippen LogP contribution in [0.5, 0.6) is 23.0 Å². The molecule has 2 N–H and O–H groups in total. The third kappa shape index (κ3) is 8.27. The maximum Gasteiger partial charge on any atom is 0.343 e. The Balaban J connectivity index is 1.43. The maximum absolute atomic E-state index is 12.7. The van der Waals surface area contributed by atoms with E-state index in [2.05, 4.69) is 15.8 Å². The zero-order chi connectivity index (χ0) is 30.6. The van der Waals surface area contributed by atoms with Crippen LogP contribution in [0.15, 0.2) is 102 Å². The molecule has 4 aromatic carbocycles. The molecule has 0 aliphatic carbocycles. The topological polar surface area (TPSA) is 142 Å². The van der Waals surface area contributed by atoms with E-state index in [1.807, 2.05) is 0 Å². The zero-order valence-corrected chi connectivity index (χ0v) is 23.2. The van der Waals surface area contributed by atoms with Gasteiger partial charge in [0.05, 0.1) is 38.1 Å². The second kappa shape index (κ2) is 14.6. The fourth-order valence-corrected chi connectivity index (χ4v) is 3.70. The summed E-state index contributed by atoms with van der Waals surface area (Å²) < 4.78 is 21.4. The Morgan fingerprint density at radius 3 is 1.93 bits per heavy atom. The van der Waals surface area contributed by atoms with Gasteiger partial charge in [-0.25, -0.2) is 15.0 Å². The standard InChI is InChI=1S/C32H27N3O8/c1-40-26-16-14-23(17-28(26)41-2)30(37)33-20-29(36)35-34-19-24-13-15-25(42-31(38)21-9-5-3-6-10-21)18-27(24)43-32(39)22-11-7-4-8-12-22/h3-19H,20H2,1-2H3,(H,33,37)(H,35,36)/b34-19-. The van der Waals surface area contributed by atoms with Crippen molar-refractivity contribution in [2.45, 2.75) is 0 Å². The number of esters is 2. The molecule has 0 radical (unpaired) electrons. The summed E-state index contributed by atoms with van der Waals surface area (Å²) in [6, 6.07) is 25.7. The van der Waals surface area contributed by atoms with Gasteiger partial charge in [0, 0.05) is 17.2 Å². The molecular formula is C32H27N3O8. The number of amides is 2. The summed E-state index contributed by atoms with van der Waals surface area (Å²) in [5, 5.41) is 6.40. The number of benzene rings is 4. The minimum Gasteiger partial charge on any atom is -0.493 e. The molecular weight excluding hydrogens is 554 g/mol. The second-order valence-corrected chi connectivity index (χ2v) is 8.76. The molecule has 4 rings (SSSR count). The second-order valence-electron chi connectivity index (χ2n) is 8.76. The van der Waals surface area contributed by atoms with Crippen molar-refractivity contribution in [3.8, 4) is 23.0 Å². The lowest BCUT2D eigenvalue weighted by atomic mass is 10.2. The van der Waals surface area contributed by atoms with Gasteiger partial charge in [-0.15, -0.1) is 0 Å². The number of ether oxygens (including phenoxy) is 4. The van der Waals surface area contributed by atoms with Crippen LogP contribution in [0.4, 0.5) is 0 Å². The van der Waals surface area contributed by atoms with Crippen LogP contribution < -0.4 is 29.7 Å². The van der Waals surface area contributed by atoms with Crippen LogP contribution in [-0.4, -0.2) is 50.7 Å². The van der Waals surface area contributed by atoms with E-state index in [9.17, 15) is 19.2 Å². The number of nitrogens with zero attached hydrogens (tertiary/aromatic N) is 1. The molecule has 0 heterocycles. The molecule has 0 fully saturated rings. The Labute approximate surface area is 247 Å². The number of hydrogen-bond acceptors (Lipinski definition) is 9. The summed E-state index contributed by atoms with van der Waals surface area (Å²) in [5.74, 6) is -1.36. The Hall–Kier alpha value is -5.97. The summed E-state index contributed by atoms with van der Waals surface area (Å²) in [6.07, 6.45) is 1.25. The number of nitrogens with one attached hydrogen (secondary N) is 2. The lowest BCUT2D eigenvalue weighted by Gasteiger charge is -2.11. The first-order valence-corrected chi connectivity index (χ1v) is 12.9. The molecule has 0 spiro atoms. The van der Waals surface area contributed by atoms with Crippen molar-refractivity contribution in [1.82, 2.24) is 10.7 Å². The summed E-state index contributed by atoms with van der Waals surface area (Å²) >= 11 is 0. The maximum atomic E-state index is 12.7. The average molecular weight is 582 g/mol. The van der Waals surface area contributed by atoms with Crippen molar-refractivity contribution < 1.29 is 38.1 Å². The van der Waals surface area contributed by atoms with Crippen LogP contribution in [0, 0.1) is 0 Å². The molecule has 2 amide bonds. The third-order valence-corrected chi connectivity index (χ3v) is 5.87. The van der Waals surface area contributed by atoms with E-state index in [0.29, 0.717) is 28.2 Å². The molecule has 0 aliphatic rings. The first-order chi connectivity index (χ1) is 20.9. The number of hydrazone groups is 1. The third-order valence-electron chi connectivity index (χ3n) is 5.87. The molecule has 0 aliphatic heterocycles. The van der Waals surface area contributed by atoms with E-state index >= 15 is 0 Å². The first-order valence-electron chi connectivity index (χ1n) is 12.9. The highest BCUT2D eigenvalue weighted by Crippen LogP contribution is 2.28. The van der Waals surface area contributed by atoms with Crippen LogP contribution in [0.25, 0.3) is 0 Å². The quantitative estimate of drug-likeness (QED) is 0.117. The molecule has 11 heteroatoms. The average Bonchev–Trinajstić information content (AvgIpc) is 3.05. The van der Waals surface area contributed by atoms with Crippen molar-refractivity contribution in [2.24, 2.45) is 5.10 Å². The monoisotopic (exact) mass is 581 g/mol. The van der Waals surface area contributed by atoms with Gasteiger partial charge in [0.15, 0.2) is 11.5 Å². The van der Waals surface area contributed by atoms with E-state index in [4.69, 9.17) is 18.9 Å². The number of rotatable bonds is 11. The largest absolute Gasteiger partial charge is 0.493 e. The van der Waals surface area contributed by atoms with Gasteiger partial charge >= 0.3 is 11.9 Å². The summed E-state index contributed by atoms with van der Waals surface area (Å²) in [4.78, 5) is 50.1. The lowest BCUT2D eigenvalue weighted by Crippen LogP contribution is -2.34. The van der Waals surface area contributed by atoms with Gasteiger partial charge in [0.25, 0.3) is 11.8 Å². The predicted octanol–water partition coefficient (Wildman–Crippen LogP) is 4.02. The van der Waals surface area contributed by atoms with Gasteiger partial charge in [-0.3, -0.25) is 9.59 Å². The van der Waals surface area contributed by atoms with Crippen LogP contribution >= 0.6 is 0 Å². The Bertz CT molecular complexity index is 1640. The molecule has 0 saturated carbocycles. The number of carbonyl (C=O) groups excluding carboxylic acids is 4. The fourth-order valence-electron chi connectivity index (χ4n) is 3.70. The minimum absolute atomic E-state index is 0.0342. The molecule has 0 saturated heterocycles. The van der Waals surface area contributed by atoms with E-state index in [0.717, 1.165) is 0 Å². The van der Waals surface area contributed by atoms with Gasteiger partial charge in [-0.2, -0.15) is 5.10 Å². The molecule has 4 aromatic rings. The first kappa shape index (κ1) is 30.0. The molecule has 0 bridgehead atoms. The van der Waals surface area contributed by atoms with Crippen LogP contribution in [-0.2, 0) is 4.79 Å². The normalized spacial score (nSPS) is 10.5. The van der Waals surface area contributed by atoms with Crippen molar-refractivity contribution in [1.29, 1.82) is 0 Å². The number of carbonyl (C=O) groups is 4. The lowest BCUT2D eigenvalue weighted by molar-refractivity contribution is -0.120. The van der Waals surface area contributed by atoms with E-state index in [1.54, 1.807) is 66.7 Å². The van der Waals surface area contributed by atoms with Crippen molar-refractivity contribution >= 4 is 30.0 Å². The smallest absolute Gasteiger partial charge is 0.343 e. The van der Waals surface area contributed by atoms with Gasteiger partial charge in [-0.05, 0) is 54.6 Å². The molecule has 0 unspecified atom stereocenters. The fraction of sp³-hybridized carbons (Fsp3) is 0.0938. The van der Waals surface area contributed by atoms with Gasteiger partial charge in [0.1, 0.15) is 11.5 Å². The van der Waals surface area contributed by atoms with Crippen molar-refractivity contribution in [3.05, 3.63) is 119 Å². The summed E-state index contributed by atoms with van der Waals surface area (Å²) in [6.45, 7) is -0.366. The highest BCUT2D eigenvalue weighted by atomic mass is 16.5. The SMILES string of the molecule is COc1ccc(C(=O)NCC(=O)N/N=C\c2ccc(OC(=O)c3ccccc3)cc2OC(=O)c2ccccc2)cc1OC. The van der Waals surface area contributed by atoms with Crippen LogP contribution in [0.3, 0.4) is 0 Å². The molecule has 0 atom stereocenters. The van der Waals surface area contributed by atoms with E-state index < -0.39 is 23.8 Å². The van der Waals surface area contributed by atoms with E-state index in [1.165, 1.54) is 50.8 Å². The zero-order valence-electron chi connectivity index (χ0n) is 23.2. The number of hydrogen-bond donors (Lipinski definition) is 2. The van der Waals surface area contributed by atoms with Crippen LogP contribution in [0.2, 0.25) is 0 Å². The highest BCUT2D eigenvalue weighted by molar-refractivity contribution is 5.97. The van der Waals surface area contributed by atoms with Gasteiger partial charge < -0.3 is 24.3 Å². The Morgan fingerprint density at radius 2 is 1.30 bits per heavy atom. The van der Waals surface area contributed by atoms with Crippen molar-refractivity contribution in [3.63, 3.8) is 0 Å². The molecule has 218 valence electrons. The van der Waals surface area contributed by atoms with E-state index in [-0.39, 0.29) is 23.6 Å². The minimum atomic E-state index is -0.649. The van der Waals surface area contributed by atoms with Crippen LogP contribution in [0.1, 0.15) is 36.6 Å². The van der Waals surface area contributed by atoms with Gasteiger partial charge in [0.2, 0.25) is 0 Å². The number of methoxy groups -OCH3 is 2. The Morgan fingerprint density at radius 1 is 0.674 bits per heavy atom.